The highest BCUT2D eigenvalue weighted by molar-refractivity contribution is 7.99. The van der Waals surface area contributed by atoms with Crippen molar-refractivity contribution in [2.45, 2.75) is 18.3 Å². The molecule has 0 bridgehead atoms. The SMILES string of the molecule is O=C(CSCc1ccccc1)NCC(O)Cc1ccccc1. The van der Waals surface area contributed by atoms with Gasteiger partial charge in [0.05, 0.1) is 11.9 Å². The molecule has 3 nitrogen and oxygen atoms in total. The summed E-state index contributed by atoms with van der Waals surface area (Å²) in [7, 11) is 0. The average Bonchev–Trinajstić information content (AvgIpc) is 2.55. The minimum atomic E-state index is -0.550. The Morgan fingerprint density at radius 2 is 1.59 bits per heavy atom. The fourth-order valence-electron chi connectivity index (χ4n) is 2.08. The van der Waals surface area contributed by atoms with Gasteiger partial charge >= 0.3 is 0 Å². The normalized spacial score (nSPS) is 11.9. The molecular formula is C18H21NO2S. The number of hydrogen-bond donors (Lipinski definition) is 2. The second-order valence-electron chi connectivity index (χ2n) is 5.13. The summed E-state index contributed by atoms with van der Waals surface area (Å²) in [6.45, 7) is 0.291. The van der Waals surface area contributed by atoms with E-state index in [4.69, 9.17) is 0 Å². The minimum absolute atomic E-state index is 0.0342. The van der Waals surface area contributed by atoms with E-state index < -0.39 is 6.10 Å². The van der Waals surface area contributed by atoms with Crippen LogP contribution in [-0.2, 0) is 17.0 Å². The Kier molecular flexibility index (Phi) is 7.00. The lowest BCUT2D eigenvalue weighted by Gasteiger charge is -2.12. The first-order chi connectivity index (χ1) is 10.7. The summed E-state index contributed by atoms with van der Waals surface area (Å²) in [5.41, 5.74) is 2.28. The zero-order valence-electron chi connectivity index (χ0n) is 12.4. The molecule has 0 aliphatic heterocycles. The third-order valence-corrected chi connectivity index (χ3v) is 4.20. The van der Waals surface area contributed by atoms with Gasteiger partial charge in [0.25, 0.3) is 0 Å². The average molecular weight is 315 g/mol. The van der Waals surface area contributed by atoms with Gasteiger partial charge in [-0.15, -0.1) is 11.8 Å². The van der Waals surface area contributed by atoms with Crippen molar-refractivity contribution in [3.05, 3.63) is 71.8 Å². The number of carbonyl (C=O) groups is 1. The monoisotopic (exact) mass is 315 g/mol. The van der Waals surface area contributed by atoms with Crippen LogP contribution in [0.3, 0.4) is 0 Å². The molecule has 1 unspecified atom stereocenters. The minimum Gasteiger partial charge on any atom is -0.391 e. The van der Waals surface area contributed by atoms with Gasteiger partial charge in [0.15, 0.2) is 0 Å². The van der Waals surface area contributed by atoms with E-state index in [1.54, 1.807) is 11.8 Å². The number of carbonyl (C=O) groups excluding carboxylic acids is 1. The number of benzene rings is 2. The second kappa shape index (κ2) is 9.28. The predicted octanol–water partition coefficient (Wildman–Crippen LogP) is 2.64. The number of nitrogens with one attached hydrogen (secondary N) is 1. The third kappa shape index (κ3) is 6.33. The van der Waals surface area contributed by atoms with Gasteiger partial charge in [0.2, 0.25) is 5.91 Å². The van der Waals surface area contributed by atoms with Gasteiger partial charge < -0.3 is 10.4 Å². The lowest BCUT2D eigenvalue weighted by atomic mass is 10.1. The van der Waals surface area contributed by atoms with Gasteiger partial charge in [-0.1, -0.05) is 60.7 Å². The van der Waals surface area contributed by atoms with E-state index >= 15 is 0 Å². The molecule has 4 heteroatoms. The maximum Gasteiger partial charge on any atom is 0.230 e. The molecular weight excluding hydrogens is 294 g/mol. The fraction of sp³-hybridized carbons (Fsp3) is 0.278. The van der Waals surface area contributed by atoms with Crippen molar-refractivity contribution >= 4 is 17.7 Å². The van der Waals surface area contributed by atoms with Crippen molar-refractivity contribution in [1.29, 1.82) is 0 Å². The summed E-state index contributed by atoms with van der Waals surface area (Å²) in [5.74, 6) is 1.20. The predicted molar refractivity (Wildman–Crippen MR) is 91.8 cm³/mol. The maximum atomic E-state index is 11.7. The van der Waals surface area contributed by atoms with Crippen LogP contribution in [0.2, 0.25) is 0 Å². The Balaban J connectivity index is 1.61. The van der Waals surface area contributed by atoms with Crippen LogP contribution in [0.4, 0.5) is 0 Å². The van der Waals surface area contributed by atoms with Gasteiger partial charge in [0, 0.05) is 18.7 Å². The summed E-state index contributed by atoms with van der Waals surface area (Å²) in [6.07, 6.45) is 0.00336. The molecule has 0 aliphatic rings. The van der Waals surface area contributed by atoms with Crippen LogP contribution in [0.25, 0.3) is 0 Å². The van der Waals surface area contributed by atoms with E-state index in [9.17, 15) is 9.90 Å². The molecule has 2 N–H and O–H groups in total. The quantitative estimate of drug-likeness (QED) is 0.787. The zero-order valence-corrected chi connectivity index (χ0v) is 13.3. The Morgan fingerprint density at radius 3 is 2.23 bits per heavy atom. The van der Waals surface area contributed by atoms with Gasteiger partial charge in [-0.3, -0.25) is 4.79 Å². The van der Waals surface area contributed by atoms with Crippen molar-refractivity contribution in [3.63, 3.8) is 0 Å². The first-order valence-electron chi connectivity index (χ1n) is 7.34. The largest absolute Gasteiger partial charge is 0.391 e. The number of rotatable bonds is 8. The molecule has 1 amide bonds. The van der Waals surface area contributed by atoms with Crippen molar-refractivity contribution < 1.29 is 9.90 Å². The molecule has 2 aromatic carbocycles. The lowest BCUT2D eigenvalue weighted by Crippen LogP contribution is -2.34. The van der Waals surface area contributed by atoms with Gasteiger partial charge in [-0.25, -0.2) is 0 Å². The van der Waals surface area contributed by atoms with Crippen molar-refractivity contribution in [2.75, 3.05) is 12.3 Å². The summed E-state index contributed by atoms with van der Waals surface area (Å²) >= 11 is 1.58. The zero-order chi connectivity index (χ0) is 15.6. The molecule has 0 radical (unpaired) electrons. The van der Waals surface area contributed by atoms with Crippen LogP contribution in [0, 0.1) is 0 Å². The van der Waals surface area contributed by atoms with Crippen molar-refractivity contribution in [1.82, 2.24) is 5.32 Å². The van der Waals surface area contributed by atoms with E-state index in [2.05, 4.69) is 17.4 Å². The number of amides is 1. The molecule has 116 valence electrons. The Labute approximate surface area is 135 Å². The Bertz CT molecular complexity index is 560. The molecule has 2 rings (SSSR count). The van der Waals surface area contributed by atoms with Crippen molar-refractivity contribution in [2.24, 2.45) is 0 Å². The first kappa shape index (κ1) is 16.6. The van der Waals surface area contributed by atoms with E-state index in [1.165, 1.54) is 5.56 Å². The number of aliphatic hydroxyl groups is 1. The molecule has 0 aliphatic carbocycles. The van der Waals surface area contributed by atoms with Crippen LogP contribution in [0.5, 0.6) is 0 Å². The topological polar surface area (TPSA) is 49.3 Å². The highest BCUT2D eigenvalue weighted by Crippen LogP contribution is 2.11. The van der Waals surface area contributed by atoms with Crippen LogP contribution < -0.4 is 5.32 Å². The summed E-state index contributed by atoms with van der Waals surface area (Å²) < 4.78 is 0. The number of aliphatic hydroxyl groups excluding tert-OH is 1. The molecule has 0 aromatic heterocycles. The summed E-state index contributed by atoms with van der Waals surface area (Å²) in [6, 6.07) is 19.9. The number of thioether (sulfide) groups is 1. The van der Waals surface area contributed by atoms with Gasteiger partial charge in [-0.05, 0) is 11.1 Å². The number of hydrogen-bond acceptors (Lipinski definition) is 3. The van der Waals surface area contributed by atoms with Crippen molar-refractivity contribution in [3.8, 4) is 0 Å². The van der Waals surface area contributed by atoms with Crippen LogP contribution >= 0.6 is 11.8 Å². The van der Waals surface area contributed by atoms with Crippen LogP contribution in [0.15, 0.2) is 60.7 Å². The van der Waals surface area contributed by atoms with Crippen LogP contribution in [0.1, 0.15) is 11.1 Å². The molecule has 0 fully saturated rings. The molecule has 2 aromatic rings. The Morgan fingerprint density at radius 1 is 1.00 bits per heavy atom. The van der Waals surface area contributed by atoms with Gasteiger partial charge in [-0.2, -0.15) is 0 Å². The van der Waals surface area contributed by atoms with E-state index in [0.29, 0.717) is 18.7 Å². The summed E-state index contributed by atoms with van der Waals surface area (Å²) in [5, 5.41) is 12.7. The van der Waals surface area contributed by atoms with E-state index in [-0.39, 0.29) is 5.91 Å². The maximum absolute atomic E-state index is 11.7. The third-order valence-electron chi connectivity index (χ3n) is 3.19. The summed E-state index contributed by atoms with van der Waals surface area (Å²) in [4.78, 5) is 11.7. The first-order valence-corrected chi connectivity index (χ1v) is 8.50. The molecule has 1 atom stereocenters. The molecule has 0 spiro atoms. The Hall–Kier alpha value is -1.78. The molecule has 0 saturated carbocycles. The standard InChI is InChI=1S/C18H21NO2S/c20-17(11-15-7-3-1-4-8-15)12-19-18(21)14-22-13-16-9-5-2-6-10-16/h1-10,17,20H,11-14H2,(H,19,21). The molecule has 0 heterocycles. The smallest absolute Gasteiger partial charge is 0.230 e. The fourth-order valence-corrected chi connectivity index (χ4v) is 2.89. The highest BCUT2D eigenvalue weighted by Gasteiger charge is 2.08. The lowest BCUT2D eigenvalue weighted by molar-refractivity contribution is -0.119. The molecule has 22 heavy (non-hydrogen) atoms. The van der Waals surface area contributed by atoms with Crippen LogP contribution in [-0.4, -0.2) is 29.4 Å². The van der Waals surface area contributed by atoms with E-state index in [1.807, 2.05) is 48.5 Å². The molecule has 0 saturated heterocycles. The van der Waals surface area contributed by atoms with Gasteiger partial charge in [0.1, 0.15) is 0 Å². The highest BCUT2D eigenvalue weighted by atomic mass is 32.2. The van der Waals surface area contributed by atoms with E-state index in [0.717, 1.165) is 11.3 Å². The second-order valence-corrected chi connectivity index (χ2v) is 6.11.